The van der Waals surface area contributed by atoms with E-state index in [1.165, 1.54) is 18.4 Å². The second-order valence-corrected chi connectivity index (χ2v) is 7.22. The van der Waals surface area contributed by atoms with Crippen LogP contribution in [0.3, 0.4) is 0 Å². The van der Waals surface area contributed by atoms with Crippen LogP contribution < -0.4 is 11.1 Å². The lowest BCUT2D eigenvalue weighted by molar-refractivity contribution is 0.0998. The van der Waals surface area contributed by atoms with Gasteiger partial charge in [0.25, 0.3) is 5.91 Å². The molecule has 5 nitrogen and oxygen atoms in total. The van der Waals surface area contributed by atoms with Crippen LogP contribution in [0.15, 0.2) is 17.8 Å². The van der Waals surface area contributed by atoms with Gasteiger partial charge in [-0.1, -0.05) is 18.6 Å². The highest BCUT2D eigenvalue weighted by Crippen LogP contribution is 2.29. The van der Waals surface area contributed by atoms with Crippen molar-refractivity contribution in [3.05, 3.63) is 29.1 Å². The lowest BCUT2D eigenvalue weighted by atomic mass is 9.80. The first-order chi connectivity index (χ1) is 11.1. The van der Waals surface area contributed by atoms with Crippen LogP contribution in [0.4, 0.5) is 0 Å². The first kappa shape index (κ1) is 16.2. The van der Waals surface area contributed by atoms with Gasteiger partial charge >= 0.3 is 0 Å². The summed E-state index contributed by atoms with van der Waals surface area (Å²) < 4.78 is 1.94. The van der Waals surface area contributed by atoms with Crippen molar-refractivity contribution in [3.63, 3.8) is 0 Å². The summed E-state index contributed by atoms with van der Waals surface area (Å²) in [5.74, 6) is 1.62. The van der Waals surface area contributed by atoms with E-state index in [2.05, 4.69) is 30.3 Å². The highest BCUT2D eigenvalue weighted by Gasteiger charge is 2.25. The maximum Gasteiger partial charge on any atom is 0.252 e. The van der Waals surface area contributed by atoms with Crippen LogP contribution >= 0.6 is 0 Å². The van der Waals surface area contributed by atoms with Crippen molar-refractivity contribution >= 4 is 5.91 Å². The van der Waals surface area contributed by atoms with E-state index < -0.39 is 0 Å². The zero-order valence-electron chi connectivity index (χ0n) is 14.2. The number of hydrogen-bond acceptors (Lipinski definition) is 3. The van der Waals surface area contributed by atoms with Crippen LogP contribution in [0.5, 0.6) is 0 Å². The average Bonchev–Trinajstić information content (AvgIpc) is 2.93. The quantitative estimate of drug-likeness (QED) is 0.817. The number of rotatable bonds is 5. The molecule has 3 unspecified atom stereocenters. The number of carbonyl (C=O) groups is 1. The summed E-state index contributed by atoms with van der Waals surface area (Å²) in [6.07, 6.45) is 8.53. The number of aromatic nitrogens is 2. The SMILES string of the molecule is CC1=CCCC(C)C1CNCC1CCn2ncc(C(N)=O)c2C1. The largest absolute Gasteiger partial charge is 0.365 e. The van der Waals surface area contributed by atoms with E-state index in [1.54, 1.807) is 6.20 Å². The van der Waals surface area contributed by atoms with Crippen molar-refractivity contribution in [2.45, 2.75) is 46.1 Å². The second kappa shape index (κ2) is 6.87. The highest BCUT2D eigenvalue weighted by molar-refractivity contribution is 5.93. The Balaban J connectivity index is 1.54. The molecule has 2 aliphatic rings. The zero-order valence-corrected chi connectivity index (χ0v) is 14.2. The van der Waals surface area contributed by atoms with E-state index in [9.17, 15) is 4.79 Å². The third-order valence-corrected chi connectivity index (χ3v) is 5.60. The molecule has 1 aliphatic carbocycles. The number of fused-ring (bicyclic) bond motifs is 1. The number of nitrogens with zero attached hydrogens (tertiary/aromatic N) is 2. The highest BCUT2D eigenvalue weighted by atomic mass is 16.1. The minimum atomic E-state index is -0.364. The summed E-state index contributed by atoms with van der Waals surface area (Å²) in [5.41, 5.74) is 8.58. The molecule has 0 saturated heterocycles. The van der Waals surface area contributed by atoms with Crippen LogP contribution in [-0.4, -0.2) is 28.8 Å². The Hall–Kier alpha value is -1.62. The predicted octanol–water partition coefficient (Wildman–Crippen LogP) is 2.13. The third kappa shape index (κ3) is 3.50. The molecule has 1 aliphatic heterocycles. The van der Waals surface area contributed by atoms with Gasteiger partial charge in [-0.3, -0.25) is 9.48 Å². The van der Waals surface area contributed by atoms with Crippen molar-refractivity contribution in [2.24, 2.45) is 23.5 Å². The van der Waals surface area contributed by atoms with E-state index >= 15 is 0 Å². The maximum atomic E-state index is 11.5. The van der Waals surface area contributed by atoms with Crippen molar-refractivity contribution in [1.82, 2.24) is 15.1 Å². The minimum Gasteiger partial charge on any atom is -0.365 e. The van der Waals surface area contributed by atoms with E-state index in [0.717, 1.165) is 44.1 Å². The smallest absolute Gasteiger partial charge is 0.252 e. The van der Waals surface area contributed by atoms with Gasteiger partial charge in [0.15, 0.2) is 0 Å². The van der Waals surface area contributed by atoms with Gasteiger partial charge in [-0.05, 0) is 56.9 Å². The number of aryl methyl sites for hydroxylation is 1. The summed E-state index contributed by atoms with van der Waals surface area (Å²) in [7, 11) is 0. The van der Waals surface area contributed by atoms with E-state index in [1.807, 2.05) is 4.68 Å². The van der Waals surface area contributed by atoms with Crippen LogP contribution in [0.25, 0.3) is 0 Å². The Morgan fingerprint density at radius 1 is 1.43 bits per heavy atom. The van der Waals surface area contributed by atoms with Gasteiger partial charge in [-0.15, -0.1) is 0 Å². The molecular weight excluding hydrogens is 288 g/mol. The van der Waals surface area contributed by atoms with Crippen LogP contribution in [-0.2, 0) is 13.0 Å². The summed E-state index contributed by atoms with van der Waals surface area (Å²) in [4.78, 5) is 11.5. The number of carbonyl (C=O) groups excluding carboxylic acids is 1. The molecule has 5 heteroatoms. The molecule has 1 aromatic rings. The Bertz CT molecular complexity index is 604. The Labute approximate surface area is 138 Å². The molecule has 23 heavy (non-hydrogen) atoms. The topological polar surface area (TPSA) is 72.9 Å². The van der Waals surface area contributed by atoms with E-state index in [0.29, 0.717) is 17.4 Å². The standard InChI is InChI=1S/C18H28N4O/c1-12-4-3-5-13(2)15(12)10-20-9-14-6-7-22-17(8-14)16(11-21-22)18(19)23/h4,11,13-15,20H,3,5-10H2,1-2H3,(H2,19,23). The monoisotopic (exact) mass is 316 g/mol. The average molecular weight is 316 g/mol. The molecule has 1 amide bonds. The minimum absolute atomic E-state index is 0.364. The number of amides is 1. The van der Waals surface area contributed by atoms with Gasteiger partial charge in [0.05, 0.1) is 17.5 Å². The predicted molar refractivity (Wildman–Crippen MR) is 91.1 cm³/mol. The molecule has 0 saturated carbocycles. The van der Waals surface area contributed by atoms with Crippen molar-refractivity contribution in [3.8, 4) is 0 Å². The number of primary amides is 1. The molecular formula is C18H28N4O. The molecule has 126 valence electrons. The maximum absolute atomic E-state index is 11.5. The Kier molecular flexibility index (Phi) is 4.85. The van der Waals surface area contributed by atoms with Gasteiger partial charge in [-0.2, -0.15) is 5.10 Å². The van der Waals surface area contributed by atoms with E-state index in [-0.39, 0.29) is 5.91 Å². The molecule has 0 fully saturated rings. The van der Waals surface area contributed by atoms with Gasteiger partial charge in [-0.25, -0.2) is 0 Å². The van der Waals surface area contributed by atoms with Gasteiger partial charge < -0.3 is 11.1 Å². The number of nitrogens with one attached hydrogen (secondary N) is 1. The normalized spacial score (nSPS) is 27.4. The van der Waals surface area contributed by atoms with Crippen molar-refractivity contribution in [2.75, 3.05) is 13.1 Å². The van der Waals surface area contributed by atoms with Gasteiger partial charge in [0.2, 0.25) is 0 Å². The van der Waals surface area contributed by atoms with Crippen LogP contribution in [0, 0.1) is 17.8 Å². The zero-order chi connectivity index (χ0) is 16.4. The van der Waals surface area contributed by atoms with Crippen LogP contribution in [0.1, 0.15) is 49.2 Å². The lowest BCUT2D eigenvalue weighted by Crippen LogP contribution is -2.35. The third-order valence-electron chi connectivity index (χ3n) is 5.60. The number of hydrogen-bond donors (Lipinski definition) is 2. The first-order valence-corrected chi connectivity index (χ1v) is 8.78. The number of nitrogens with two attached hydrogens (primary N) is 1. The summed E-state index contributed by atoms with van der Waals surface area (Å²) in [5, 5.41) is 7.94. The summed E-state index contributed by atoms with van der Waals surface area (Å²) >= 11 is 0. The molecule has 0 spiro atoms. The molecule has 3 atom stereocenters. The molecule has 3 rings (SSSR count). The molecule has 0 bridgehead atoms. The molecule has 1 aromatic heterocycles. The fourth-order valence-corrected chi connectivity index (χ4v) is 4.06. The molecule has 3 N–H and O–H groups in total. The second-order valence-electron chi connectivity index (χ2n) is 7.22. The fourth-order valence-electron chi connectivity index (χ4n) is 4.06. The lowest BCUT2D eigenvalue weighted by Gasteiger charge is -2.30. The summed E-state index contributed by atoms with van der Waals surface area (Å²) in [6.45, 7) is 7.57. The molecule has 0 radical (unpaired) electrons. The van der Waals surface area contributed by atoms with Gasteiger partial charge in [0, 0.05) is 13.1 Å². The van der Waals surface area contributed by atoms with Crippen LogP contribution in [0.2, 0.25) is 0 Å². The van der Waals surface area contributed by atoms with Crippen molar-refractivity contribution < 1.29 is 4.79 Å². The van der Waals surface area contributed by atoms with Gasteiger partial charge in [0.1, 0.15) is 0 Å². The Morgan fingerprint density at radius 3 is 3.00 bits per heavy atom. The molecule has 0 aromatic carbocycles. The Morgan fingerprint density at radius 2 is 2.26 bits per heavy atom. The number of allylic oxidation sites excluding steroid dienone is 1. The summed E-state index contributed by atoms with van der Waals surface area (Å²) in [6, 6.07) is 0. The van der Waals surface area contributed by atoms with E-state index in [4.69, 9.17) is 5.73 Å². The fraction of sp³-hybridized carbons (Fsp3) is 0.667. The van der Waals surface area contributed by atoms with Crippen molar-refractivity contribution in [1.29, 1.82) is 0 Å². The first-order valence-electron chi connectivity index (χ1n) is 8.78. The molecule has 2 heterocycles.